The number of carbonyl (C=O) groups is 2. The van der Waals surface area contributed by atoms with Crippen molar-refractivity contribution in [2.45, 2.75) is 12.5 Å². The maximum absolute atomic E-state index is 10.1. The summed E-state index contributed by atoms with van der Waals surface area (Å²) >= 11 is 0. The molecule has 0 saturated carbocycles. The molecule has 0 spiro atoms. The predicted molar refractivity (Wildman–Crippen MR) is 73.8 cm³/mol. The molecule has 0 radical (unpaired) electrons. The third-order valence-corrected chi connectivity index (χ3v) is 2.45. The molecule has 2 aromatic rings. The number of hydrogen-bond acceptors (Lipinski definition) is 6. The summed E-state index contributed by atoms with van der Waals surface area (Å²) < 4.78 is 0. The number of carboxylic acids is 2. The molecule has 0 bridgehead atoms. The van der Waals surface area contributed by atoms with E-state index in [9.17, 15) is 19.8 Å². The first-order chi connectivity index (χ1) is 10.5. The van der Waals surface area contributed by atoms with E-state index in [-0.39, 0.29) is 25.9 Å². The maximum Gasteiger partial charge on any atom is 2.00 e. The Morgan fingerprint density at radius 2 is 1.91 bits per heavy atom. The van der Waals surface area contributed by atoms with Crippen LogP contribution in [0.3, 0.4) is 0 Å². The second kappa shape index (κ2) is 11.3. The van der Waals surface area contributed by atoms with Crippen LogP contribution < -0.4 is 10.2 Å². The molecule has 2 rings (SSSR count). The zero-order valence-corrected chi connectivity index (χ0v) is 15.2. The van der Waals surface area contributed by atoms with Crippen LogP contribution in [-0.4, -0.2) is 33.1 Å². The summed E-state index contributed by atoms with van der Waals surface area (Å²) in [5.74, 6) is -2.65. The van der Waals surface area contributed by atoms with Gasteiger partial charge in [-0.3, -0.25) is 0 Å². The van der Waals surface area contributed by atoms with E-state index in [2.05, 4.69) is 9.97 Å². The van der Waals surface area contributed by atoms with Crippen molar-refractivity contribution in [3.63, 3.8) is 0 Å². The Labute approximate surface area is 145 Å². The van der Waals surface area contributed by atoms with E-state index in [1.54, 1.807) is 30.5 Å². The number of aliphatic carboxylic acids is 2. The summed E-state index contributed by atoms with van der Waals surface area (Å²) in [4.78, 5) is 26.4. The van der Waals surface area contributed by atoms with E-state index in [4.69, 9.17) is 5.11 Å². The van der Waals surface area contributed by atoms with Crippen LogP contribution in [0.2, 0.25) is 0 Å². The first-order valence-corrected chi connectivity index (χ1v) is 6.29. The number of carboxylic acid groups (broad SMARTS) is 2. The van der Waals surface area contributed by atoms with Gasteiger partial charge >= 0.3 is 19.5 Å². The molecular weight excluding hydrogens is 354 g/mol. The largest absolute Gasteiger partial charge is 2.00 e. The van der Waals surface area contributed by atoms with Gasteiger partial charge in [0.05, 0.1) is 30.1 Å². The van der Waals surface area contributed by atoms with E-state index >= 15 is 0 Å². The number of hydrogen-bond donors (Lipinski definition) is 2. The van der Waals surface area contributed by atoms with Gasteiger partial charge in [0.2, 0.25) is 0 Å². The van der Waals surface area contributed by atoms with E-state index in [1.165, 1.54) is 12.4 Å². The van der Waals surface area contributed by atoms with E-state index in [1.807, 2.05) is 6.07 Å². The van der Waals surface area contributed by atoms with Crippen LogP contribution in [0.25, 0.3) is 6.08 Å². The number of aliphatic hydroxyl groups excluding tert-OH is 1. The molecule has 8 heteroatoms. The third-order valence-electron chi connectivity index (χ3n) is 2.45. The van der Waals surface area contributed by atoms with E-state index < -0.39 is 18.0 Å². The average molecular weight is 368 g/mol. The summed E-state index contributed by atoms with van der Waals surface area (Å²) in [7, 11) is 0. The van der Waals surface area contributed by atoms with Crippen molar-refractivity contribution in [3.8, 4) is 0 Å². The number of imidazole rings is 1. The quantitative estimate of drug-likeness (QED) is 0.489. The molecule has 0 aliphatic rings. The molecule has 2 N–H and O–H groups in total. The monoisotopic (exact) mass is 366 g/mol. The fourth-order valence-electron chi connectivity index (χ4n) is 1.44. The van der Waals surface area contributed by atoms with Gasteiger partial charge in [-0.2, -0.15) is 0 Å². The van der Waals surface area contributed by atoms with Crippen LogP contribution in [-0.2, 0) is 35.5 Å². The molecule has 1 aromatic heterocycles. The number of nitrogens with one attached hydrogen (secondary N) is 1. The predicted octanol–water partition coefficient (Wildman–Crippen LogP) is -1.49. The van der Waals surface area contributed by atoms with Crippen molar-refractivity contribution in [2.75, 3.05) is 0 Å². The number of aliphatic hydroxyl groups is 1. The van der Waals surface area contributed by atoms with Gasteiger partial charge in [-0.1, -0.05) is 30.3 Å². The first kappa shape index (κ1) is 20.7. The van der Waals surface area contributed by atoms with E-state index in [0.717, 1.165) is 11.6 Å². The third kappa shape index (κ3) is 9.34. The molecular formula is C15H14N2O5Zn. The SMILES string of the molecule is O=C([O-])C(O)Cc1ccccc1.O=C([O-])C=Cc1c[nH]cn1.[Zn+2]. The van der Waals surface area contributed by atoms with Crippen LogP contribution in [0.4, 0.5) is 0 Å². The van der Waals surface area contributed by atoms with Crippen molar-refractivity contribution in [1.29, 1.82) is 0 Å². The Morgan fingerprint density at radius 3 is 2.39 bits per heavy atom. The number of benzene rings is 1. The number of H-pyrrole nitrogens is 1. The molecule has 1 unspecified atom stereocenters. The molecule has 7 nitrogen and oxygen atoms in total. The van der Waals surface area contributed by atoms with Crippen LogP contribution >= 0.6 is 0 Å². The summed E-state index contributed by atoms with van der Waals surface area (Å²) in [6.45, 7) is 0. The normalized spacial score (nSPS) is 11.0. The Morgan fingerprint density at radius 1 is 1.26 bits per heavy atom. The molecule has 0 amide bonds. The second-order valence-electron chi connectivity index (χ2n) is 4.17. The van der Waals surface area contributed by atoms with Crippen molar-refractivity contribution >= 4 is 18.0 Å². The number of rotatable bonds is 5. The van der Waals surface area contributed by atoms with Crippen molar-refractivity contribution in [1.82, 2.24) is 9.97 Å². The average Bonchev–Trinajstić information content (AvgIpc) is 3.00. The summed E-state index contributed by atoms with van der Waals surface area (Å²) in [5, 5.41) is 28.9. The van der Waals surface area contributed by atoms with Gasteiger partial charge in [0, 0.05) is 12.6 Å². The summed E-state index contributed by atoms with van der Waals surface area (Å²) in [6.07, 6.45) is 4.02. The minimum atomic E-state index is -1.43. The van der Waals surface area contributed by atoms with Gasteiger partial charge < -0.3 is 29.9 Å². The first-order valence-electron chi connectivity index (χ1n) is 6.29. The molecule has 0 fully saturated rings. The smallest absolute Gasteiger partial charge is 0.547 e. The molecule has 0 saturated heterocycles. The minimum absolute atomic E-state index is 0. The van der Waals surface area contributed by atoms with Gasteiger partial charge in [-0.25, -0.2) is 4.98 Å². The number of nitrogens with zero attached hydrogens (tertiary/aromatic N) is 1. The molecule has 1 aromatic carbocycles. The maximum atomic E-state index is 10.1. The number of aromatic amines is 1. The number of carbonyl (C=O) groups excluding carboxylic acids is 2. The van der Waals surface area contributed by atoms with Crippen molar-refractivity contribution in [3.05, 3.63) is 60.2 Å². The van der Waals surface area contributed by atoms with Gasteiger partial charge in [-0.15, -0.1) is 0 Å². The Balaban J connectivity index is 0.000000409. The Hall–Kier alpha value is -2.31. The fourth-order valence-corrected chi connectivity index (χ4v) is 1.44. The van der Waals surface area contributed by atoms with Gasteiger partial charge in [0.25, 0.3) is 0 Å². The zero-order valence-electron chi connectivity index (χ0n) is 12.2. The van der Waals surface area contributed by atoms with Crippen molar-refractivity contribution in [2.24, 2.45) is 0 Å². The summed E-state index contributed by atoms with van der Waals surface area (Å²) in [5.41, 5.74) is 1.36. The van der Waals surface area contributed by atoms with Crippen LogP contribution in [0.5, 0.6) is 0 Å². The second-order valence-corrected chi connectivity index (χ2v) is 4.17. The number of aromatic nitrogens is 2. The van der Waals surface area contributed by atoms with Gasteiger partial charge in [-0.05, 0) is 17.7 Å². The van der Waals surface area contributed by atoms with Crippen LogP contribution in [0.1, 0.15) is 11.3 Å². The standard InChI is InChI=1S/C9H10O3.C6H6N2O2.Zn/c10-8(9(11)12)6-7-4-2-1-3-5-7;9-6(10)2-1-5-3-7-4-8-5;/h1-5,8,10H,6H2,(H,11,12);1-4H,(H,7,8)(H,9,10);/q;;+2/p-2. The topological polar surface area (TPSA) is 129 Å². The van der Waals surface area contributed by atoms with E-state index in [0.29, 0.717) is 5.69 Å². The van der Waals surface area contributed by atoms with Crippen LogP contribution in [0.15, 0.2) is 48.9 Å². The molecule has 23 heavy (non-hydrogen) atoms. The molecule has 1 atom stereocenters. The molecule has 1 heterocycles. The molecule has 0 aliphatic carbocycles. The molecule has 0 aliphatic heterocycles. The van der Waals surface area contributed by atoms with Crippen molar-refractivity contribution < 1.29 is 44.4 Å². The summed E-state index contributed by atoms with van der Waals surface area (Å²) in [6, 6.07) is 8.92. The fraction of sp³-hybridized carbons (Fsp3) is 0.133. The Bertz CT molecular complexity index is 614. The zero-order chi connectivity index (χ0) is 16.4. The van der Waals surface area contributed by atoms with Gasteiger partial charge in [0.1, 0.15) is 0 Å². The van der Waals surface area contributed by atoms with Gasteiger partial charge in [0.15, 0.2) is 0 Å². The minimum Gasteiger partial charge on any atom is -0.547 e. The van der Waals surface area contributed by atoms with Crippen LogP contribution in [0, 0.1) is 0 Å². The molecule has 116 valence electrons. The Kier molecular flexibility index (Phi) is 10.2.